The van der Waals surface area contributed by atoms with Crippen molar-refractivity contribution in [3.05, 3.63) is 47.8 Å². The molecule has 1 heterocycles. The molecule has 6 heteroatoms. The average molecular weight is 328 g/mol. The van der Waals surface area contributed by atoms with Crippen LogP contribution in [0.2, 0.25) is 0 Å². The van der Waals surface area contributed by atoms with E-state index in [1.54, 1.807) is 35.1 Å². The Balaban J connectivity index is 2.17. The van der Waals surface area contributed by atoms with Gasteiger partial charge in [-0.25, -0.2) is 0 Å². The smallest absolute Gasteiger partial charge is 0.258 e. The Bertz CT molecular complexity index is 729. The molecule has 0 atom stereocenters. The molecule has 0 aliphatic heterocycles. The minimum Gasteiger partial charge on any atom is -0.352 e. The maximum Gasteiger partial charge on any atom is 0.258 e. The number of benzene rings is 1. The first-order valence-corrected chi connectivity index (χ1v) is 8.06. The van der Waals surface area contributed by atoms with Gasteiger partial charge in [-0.2, -0.15) is 5.10 Å². The third-order valence-corrected chi connectivity index (χ3v) is 3.49. The number of rotatable bonds is 5. The summed E-state index contributed by atoms with van der Waals surface area (Å²) in [5.74, 6) is -0.487. The monoisotopic (exact) mass is 328 g/mol. The fourth-order valence-corrected chi connectivity index (χ4v) is 2.13. The van der Waals surface area contributed by atoms with Gasteiger partial charge in [0.1, 0.15) is 0 Å². The zero-order valence-electron chi connectivity index (χ0n) is 14.6. The highest BCUT2D eigenvalue weighted by Gasteiger charge is 2.18. The summed E-state index contributed by atoms with van der Waals surface area (Å²) in [6, 6.07) is 6.96. The maximum atomic E-state index is 12.4. The lowest BCUT2D eigenvalue weighted by atomic mass is 10.1. The summed E-state index contributed by atoms with van der Waals surface area (Å²) in [5, 5.41) is 9.84. The second-order valence-electron chi connectivity index (χ2n) is 6.60. The zero-order chi connectivity index (χ0) is 17.7. The molecule has 0 spiro atoms. The van der Waals surface area contributed by atoms with Crippen LogP contribution in [0.5, 0.6) is 0 Å². The standard InChI is InChI=1S/C18H24N4O2/c1-5-10-19-17(24)14-8-6-7-9-15(14)21-16(23)13-11-20-22(12-13)18(2,3)4/h6-9,11-12H,5,10H2,1-4H3,(H,19,24)(H,21,23). The molecular formula is C18H24N4O2. The highest BCUT2D eigenvalue weighted by Crippen LogP contribution is 2.18. The Morgan fingerprint density at radius 1 is 1.17 bits per heavy atom. The molecule has 6 nitrogen and oxygen atoms in total. The molecule has 0 unspecified atom stereocenters. The van der Waals surface area contributed by atoms with Crippen molar-refractivity contribution in [1.82, 2.24) is 15.1 Å². The topological polar surface area (TPSA) is 76.0 Å². The van der Waals surface area contributed by atoms with E-state index in [4.69, 9.17) is 0 Å². The third-order valence-electron chi connectivity index (χ3n) is 3.49. The number of hydrogen-bond acceptors (Lipinski definition) is 3. The molecule has 0 saturated heterocycles. The molecule has 2 amide bonds. The Hall–Kier alpha value is -2.63. The Kier molecular flexibility index (Phi) is 5.39. The molecule has 1 aromatic carbocycles. The molecule has 0 radical (unpaired) electrons. The van der Waals surface area contributed by atoms with Gasteiger partial charge in [-0.1, -0.05) is 19.1 Å². The summed E-state index contributed by atoms with van der Waals surface area (Å²) in [7, 11) is 0. The van der Waals surface area contributed by atoms with E-state index in [1.165, 1.54) is 6.20 Å². The molecule has 1 aromatic heterocycles. The van der Waals surface area contributed by atoms with Crippen LogP contribution in [0.3, 0.4) is 0 Å². The van der Waals surface area contributed by atoms with Crippen LogP contribution >= 0.6 is 0 Å². The molecular weight excluding hydrogens is 304 g/mol. The molecule has 2 aromatic rings. The van der Waals surface area contributed by atoms with Gasteiger partial charge in [-0.3, -0.25) is 14.3 Å². The molecule has 2 N–H and O–H groups in total. The second kappa shape index (κ2) is 7.29. The van der Waals surface area contributed by atoms with Gasteiger partial charge in [-0.05, 0) is 39.3 Å². The lowest BCUT2D eigenvalue weighted by Crippen LogP contribution is -2.25. The van der Waals surface area contributed by atoms with E-state index >= 15 is 0 Å². The van der Waals surface area contributed by atoms with Gasteiger partial charge in [0.15, 0.2) is 0 Å². The van der Waals surface area contributed by atoms with Gasteiger partial charge >= 0.3 is 0 Å². The largest absolute Gasteiger partial charge is 0.352 e. The predicted octanol–water partition coefficient (Wildman–Crippen LogP) is 3.03. The summed E-state index contributed by atoms with van der Waals surface area (Å²) >= 11 is 0. The van der Waals surface area contributed by atoms with E-state index in [9.17, 15) is 9.59 Å². The third kappa shape index (κ3) is 4.22. The number of nitrogens with one attached hydrogen (secondary N) is 2. The number of nitrogens with zero attached hydrogens (tertiary/aromatic N) is 2. The summed E-state index contributed by atoms with van der Waals surface area (Å²) < 4.78 is 1.74. The molecule has 0 aliphatic carbocycles. The van der Waals surface area contributed by atoms with Crippen molar-refractivity contribution in [2.24, 2.45) is 0 Å². The number of carbonyl (C=O) groups excluding carboxylic acids is 2. The van der Waals surface area contributed by atoms with Crippen molar-refractivity contribution in [3.63, 3.8) is 0 Å². The quantitative estimate of drug-likeness (QED) is 0.886. The van der Waals surface area contributed by atoms with Crippen LogP contribution in [0.15, 0.2) is 36.7 Å². The van der Waals surface area contributed by atoms with Gasteiger partial charge in [0, 0.05) is 12.7 Å². The fourth-order valence-electron chi connectivity index (χ4n) is 2.13. The second-order valence-corrected chi connectivity index (χ2v) is 6.60. The summed E-state index contributed by atoms with van der Waals surface area (Å²) in [4.78, 5) is 24.6. The number of hydrogen-bond donors (Lipinski definition) is 2. The summed E-state index contributed by atoms with van der Waals surface area (Å²) in [6.45, 7) is 8.61. The van der Waals surface area contributed by atoms with Crippen molar-refractivity contribution in [2.45, 2.75) is 39.7 Å². The van der Waals surface area contributed by atoms with Gasteiger partial charge in [0.05, 0.1) is 28.6 Å². The van der Waals surface area contributed by atoms with Crippen LogP contribution in [0.4, 0.5) is 5.69 Å². The van der Waals surface area contributed by atoms with Gasteiger partial charge < -0.3 is 10.6 Å². The van der Waals surface area contributed by atoms with Crippen LogP contribution in [0.25, 0.3) is 0 Å². The molecule has 0 aliphatic rings. The summed E-state index contributed by atoms with van der Waals surface area (Å²) in [5.41, 5.74) is 1.19. The number of para-hydroxylation sites is 1. The highest BCUT2D eigenvalue weighted by molar-refractivity contribution is 6.08. The van der Waals surface area contributed by atoms with Crippen molar-refractivity contribution in [2.75, 3.05) is 11.9 Å². The van der Waals surface area contributed by atoms with Crippen molar-refractivity contribution in [3.8, 4) is 0 Å². The van der Waals surface area contributed by atoms with Crippen LogP contribution in [-0.2, 0) is 5.54 Å². The molecule has 24 heavy (non-hydrogen) atoms. The lowest BCUT2D eigenvalue weighted by Gasteiger charge is -2.18. The van der Waals surface area contributed by atoms with Crippen molar-refractivity contribution in [1.29, 1.82) is 0 Å². The summed E-state index contributed by atoms with van der Waals surface area (Å²) in [6.07, 6.45) is 4.09. The molecule has 2 rings (SSSR count). The van der Waals surface area contributed by atoms with Crippen LogP contribution < -0.4 is 10.6 Å². The number of amides is 2. The zero-order valence-corrected chi connectivity index (χ0v) is 14.6. The molecule has 128 valence electrons. The van der Waals surface area contributed by atoms with E-state index in [0.29, 0.717) is 23.4 Å². The number of carbonyl (C=O) groups is 2. The number of aromatic nitrogens is 2. The van der Waals surface area contributed by atoms with Gasteiger partial charge in [0.25, 0.3) is 11.8 Å². The van der Waals surface area contributed by atoms with Crippen LogP contribution in [0.1, 0.15) is 54.8 Å². The van der Waals surface area contributed by atoms with E-state index in [1.807, 2.05) is 27.7 Å². The Morgan fingerprint density at radius 2 is 1.88 bits per heavy atom. The van der Waals surface area contributed by atoms with E-state index in [2.05, 4.69) is 15.7 Å². The van der Waals surface area contributed by atoms with Crippen LogP contribution in [-0.4, -0.2) is 28.1 Å². The van der Waals surface area contributed by atoms with Gasteiger partial charge in [-0.15, -0.1) is 0 Å². The lowest BCUT2D eigenvalue weighted by molar-refractivity contribution is 0.0954. The van der Waals surface area contributed by atoms with Crippen LogP contribution in [0, 0.1) is 0 Å². The van der Waals surface area contributed by atoms with Crippen molar-refractivity contribution >= 4 is 17.5 Å². The minimum atomic E-state index is -0.291. The fraction of sp³-hybridized carbons (Fsp3) is 0.389. The van der Waals surface area contributed by atoms with E-state index < -0.39 is 0 Å². The molecule has 0 saturated carbocycles. The van der Waals surface area contributed by atoms with Gasteiger partial charge in [0.2, 0.25) is 0 Å². The normalized spacial score (nSPS) is 11.2. The predicted molar refractivity (Wildman–Crippen MR) is 94.2 cm³/mol. The first-order chi connectivity index (χ1) is 11.3. The van der Waals surface area contributed by atoms with Crippen molar-refractivity contribution < 1.29 is 9.59 Å². The number of anilines is 1. The minimum absolute atomic E-state index is 0.196. The van der Waals surface area contributed by atoms with E-state index in [-0.39, 0.29) is 17.4 Å². The maximum absolute atomic E-state index is 12.4. The highest BCUT2D eigenvalue weighted by atomic mass is 16.2. The first kappa shape index (κ1) is 17.7. The first-order valence-electron chi connectivity index (χ1n) is 8.06. The molecule has 0 fully saturated rings. The SMILES string of the molecule is CCCNC(=O)c1ccccc1NC(=O)c1cnn(C(C)(C)C)c1. The molecule has 0 bridgehead atoms. The Morgan fingerprint density at radius 3 is 2.50 bits per heavy atom. The van der Waals surface area contributed by atoms with E-state index in [0.717, 1.165) is 6.42 Å². The Labute approximate surface area is 142 Å². The average Bonchev–Trinajstić information content (AvgIpc) is 3.03.